The average molecular weight is 324 g/mol. The topological polar surface area (TPSA) is 72.2 Å². The average Bonchev–Trinajstić information content (AvgIpc) is 2.87. The van der Waals surface area contributed by atoms with Crippen molar-refractivity contribution in [1.82, 2.24) is 0 Å². The summed E-state index contributed by atoms with van der Waals surface area (Å²) in [7, 11) is -3.68. The molecule has 114 valence electrons. The second kappa shape index (κ2) is 6.17. The summed E-state index contributed by atoms with van der Waals surface area (Å²) in [6.45, 7) is 6.66. The van der Waals surface area contributed by atoms with E-state index in [1.54, 1.807) is 23.5 Å². The lowest BCUT2D eigenvalue weighted by Gasteiger charge is -2.13. The van der Waals surface area contributed by atoms with Gasteiger partial charge in [-0.15, -0.1) is 11.3 Å². The van der Waals surface area contributed by atoms with Gasteiger partial charge in [-0.05, 0) is 55.7 Å². The Balaban J connectivity index is 2.25. The van der Waals surface area contributed by atoms with Gasteiger partial charge in [-0.1, -0.05) is 6.92 Å². The van der Waals surface area contributed by atoms with E-state index in [0.717, 1.165) is 23.2 Å². The van der Waals surface area contributed by atoms with E-state index < -0.39 is 10.0 Å². The third-order valence-corrected chi connectivity index (χ3v) is 5.61. The first kappa shape index (κ1) is 16.0. The Bertz CT molecular complexity index is 749. The number of thiophene rings is 1. The number of rotatable bonds is 5. The Morgan fingerprint density at radius 3 is 2.43 bits per heavy atom. The van der Waals surface area contributed by atoms with Crippen molar-refractivity contribution in [2.45, 2.75) is 38.6 Å². The molecule has 1 aromatic carbocycles. The molecule has 0 radical (unpaired) electrons. The van der Waals surface area contributed by atoms with Gasteiger partial charge in [0.1, 0.15) is 0 Å². The van der Waals surface area contributed by atoms with Gasteiger partial charge >= 0.3 is 0 Å². The van der Waals surface area contributed by atoms with E-state index >= 15 is 0 Å². The predicted molar refractivity (Wildman–Crippen MR) is 88.3 cm³/mol. The van der Waals surface area contributed by atoms with Gasteiger partial charge in [0.2, 0.25) is 10.0 Å². The largest absolute Gasteiger partial charge is 0.380 e. The maximum atomic E-state index is 11.5. The van der Waals surface area contributed by atoms with Crippen LogP contribution in [0.5, 0.6) is 0 Å². The van der Waals surface area contributed by atoms with E-state index in [-0.39, 0.29) is 4.90 Å². The van der Waals surface area contributed by atoms with Crippen molar-refractivity contribution in [3.63, 3.8) is 0 Å². The molecule has 4 nitrogen and oxygen atoms in total. The van der Waals surface area contributed by atoms with Gasteiger partial charge in [-0.25, -0.2) is 13.6 Å². The molecule has 0 saturated carbocycles. The molecular formula is C15H20N2O2S2. The number of hydrogen-bond donors (Lipinski definition) is 2. The molecule has 0 aliphatic heterocycles. The molecule has 0 atom stereocenters. The Labute approximate surface area is 130 Å². The second-order valence-corrected chi connectivity index (χ2v) is 7.85. The van der Waals surface area contributed by atoms with E-state index in [4.69, 9.17) is 5.14 Å². The van der Waals surface area contributed by atoms with Crippen LogP contribution in [0.4, 0.5) is 5.69 Å². The van der Waals surface area contributed by atoms with Crippen LogP contribution in [0.15, 0.2) is 29.2 Å². The van der Waals surface area contributed by atoms with Crippen molar-refractivity contribution in [3.8, 4) is 0 Å². The third kappa shape index (κ3) is 3.84. The fourth-order valence-corrected chi connectivity index (χ4v) is 3.58. The lowest BCUT2D eigenvalue weighted by Crippen LogP contribution is -2.13. The van der Waals surface area contributed by atoms with Gasteiger partial charge in [-0.2, -0.15) is 0 Å². The van der Waals surface area contributed by atoms with Crippen LogP contribution in [-0.4, -0.2) is 8.42 Å². The highest BCUT2D eigenvalue weighted by Gasteiger charge is 2.12. The van der Waals surface area contributed by atoms with E-state index in [9.17, 15) is 8.42 Å². The second-order valence-electron chi connectivity index (χ2n) is 5.03. The fourth-order valence-electron chi connectivity index (χ4n) is 2.06. The number of sulfonamides is 1. The van der Waals surface area contributed by atoms with Crippen LogP contribution in [0.3, 0.4) is 0 Å². The van der Waals surface area contributed by atoms with Crippen molar-refractivity contribution < 1.29 is 8.42 Å². The van der Waals surface area contributed by atoms with E-state index in [0.29, 0.717) is 6.54 Å². The summed E-state index contributed by atoms with van der Waals surface area (Å²) in [5.41, 5.74) is 2.75. The number of nitrogens with one attached hydrogen (secondary N) is 1. The summed E-state index contributed by atoms with van der Waals surface area (Å²) in [5, 5.41) is 8.53. The van der Waals surface area contributed by atoms with Crippen LogP contribution in [0.2, 0.25) is 0 Å². The Morgan fingerprint density at radius 2 is 1.86 bits per heavy atom. The highest BCUT2D eigenvalue weighted by Crippen LogP contribution is 2.25. The Hall–Kier alpha value is -1.37. The van der Waals surface area contributed by atoms with E-state index in [1.807, 2.05) is 13.8 Å². The van der Waals surface area contributed by atoms with E-state index in [1.165, 1.54) is 9.75 Å². The zero-order chi connectivity index (χ0) is 15.6. The molecule has 6 heteroatoms. The maximum Gasteiger partial charge on any atom is 0.238 e. The molecule has 0 fully saturated rings. The van der Waals surface area contributed by atoms with Crippen molar-refractivity contribution in [2.75, 3.05) is 5.32 Å². The first-order valence-electron chi connectivity index (χ1n) is 6.76. The maximum absolute atomic E-state index is 11.5. The molecule has 0 bridgehead atoms. The molecule has 21 heavy (non-hydrogen) atoms. The first-order valence-corrected chi connectivity index (χ1v) is 9.13. The summed E-state index contributed by atoms with van der Waals surface area (Å²) >= 11 is 1.77. The van der Waals surface area contributed by atoms with Crippen LogP contribution >= 0.6 is 11.3 Å². The number of primary sulfonamides is 1. The number of anilines is 1. The third-order valence-electron chi connectivity index (χ3n) is 3.49. The zero-order valence-corrected chi connectivity index (χ0v) is 14.1. The Kier molecular flexibility index (Phi) is 4.70. The molecule has 0 saturated heterocycles. The van der Waals surface area contributed by atoms with Crippen LogP contribution in [0, 0.1) is 13.8 Å². The fraction of sp³-hybridized carbons (Fsp3) is 0.333. The van der Waals surface area contributed by atoms with Crippen molar-refractivity contribution >= 4 is 27.0 Å². The molecule has 0 unspecified atom stereocenters. The summed E-state index contributed by atoms with van der Waals surface area (Å²) in [5.74, 6) is 0. The van der Waals surface area contributed by atoms with Gasteiger partial charge < -0.3 is 5.32 Å². The molecule has 1 aromatic heterocycles. The molecule has 0 amide bonds. The van der Waals surface area contributed by atoms with Gasteiger partial charge in [0.05, 0.1) is 4.90 Å². The van der Waals surface area contributed by atoms with Gasteiger partial charge in [-0.3, -0.25) is 0 Å². The monoisotopic (exact) mass is 324 g/mol. The van der Waals surface area contributed by atoms with E-state index in [2.05, 4.69) is 24.4 Å². The minimum atomic E-state index is -3.68. The minimum Gasteiger partial charge on any atom is -0.380 e. The highest BCUT2D eigenvalue weighted by molar-refractivity contribution is 7.89. The Morgan fingerprint density at radius 1 is 1.19 bits per heavy atom. The van der Waals surface area contributed by atoms with Crippen LogP contribution < -0.4 is 10.5 Å². The number of hydrogen-bond acceptors (Lipinski definition) is 4. The quantitative estimate of drug-likeness (QED) is 0.887. The molecular weight excluding hydrogens is 304 g/mol. The molecule has 0 spiro atoms. The summed E-state index contributed by atoms with van der Waals surface area (Å²) in [6.07, 6.45) is 1.03. The summed E-state index contributed by atoms with van der Waals surface area (Å²) in [6, 6.07) is 7.44. The van der Waals surface area contributed by atoms with Crippen LogP contribution in [0.25, 0.3) is 0 Å². The van der Waals surface area contributed by atoms with Crippen LogP contribution in [-0.2, 0) is 23.0 Å². The summed E-state index contributed by atoms with van der Waals surface area (Å²) < 4.78 is 23.0. The summed E-state index contributed by atoms with van der Waals surface area (Å²) in [4.78, 5) is 2.72. The van der Waals surface area contributed by atoms with Crippen molar-refractivity contribution in [2.24, 2.45) is 5.14 Å². The van der Waals surface area contributed by atoms with Crippen molar-refractivity contribution in [3.05, 3.63) is 45.1 Å². The van der Waals surface area contributed by atoms with Gasteiger partial charge in [0.15, 0.2) is 0 Å². The highest BCUT2D eigenvalue weighted by atomic mass is 32.2. The van der Waals surface area contributed by atoms with Crippen molar-refractivity contribution in [1.29, 1.82) is 0 Å². The first-order chi connectivity index (χ1) is 9.81. The zero-order valence-electron chi connectivity index (χ0n) is 12.4. The lowest BCUT2D eigenvalue weighted by molar-refractivity contribution is 0.597. The normalized spacial score (nSPS) is 11.6. The van der Waals surface area contributed by atoms with Gasteiger partial charge in [0, 0.05) is 22.0 Å². The van der Waals surface area contributed by atoms with Crippen LogP contribution in [0.1, 0.15) is 27.8 Å². The predicted octanol–water partition coefficient (Wildman–Crippen LogP) is 3.19. The molecule has 1 heterocycles. The van der Waals surface area contributed by atoms with Gasteiger partial charge in [0.25, 0.3) is 0 Å². The number of nitrogens with two attached hydrogens (primary N) is 1. The lowest BCUT2D eigenvalue weighted by atomic mass is 10.1. The number of benzene rings is 1. The standard InChI is InChI=1S/C15H20N2O2S2/c1-4-12-5-6-13(20-12)9-17-15-8-14(21(16,18)19)7-10(2)11(15)3/h5-8,17H,4,9H2,1-3H3,(H2,16,18,19). The minimum absolute atomic E-state index is 0.147. The molecule has 0 aliphatic rings. The molecule has 2 rings (SSSR count). The molecule has 3 N–H and O–H groups in total. The number of aryl methyl sites for hydroxylation is 2. The molecule has 2 aromatic rings. The smallest absolute Gasteiger partial charge is 0.238 e. The molecule has 0 aliphatic carbocycles. The SMILES string of the molecule is CCc1ccc(CNc2cc(S(N)(=O)=O)cc(C)c2C)s1.